The molecule has 16 heavy (non-hydrogen) atoms. The highest BCUT2D eigenvalue weighted by atomic mass is 79.9. The highest BCUT2D eigenvalue weighted by Gasteiger charge is 2.42. The Hall–Kier alpha value is -0.390. The molecule has 90 valence electrons. The van der Waals surface area contributed by atoms with Gasteiger partial charge in [-0.1, -0.05) is 6.92 Å². The Kier molecular flexibility index (Phi) is 3.82. The first kappa shape index (κ1) is 13.7. The van der Waals surface area contributed by atoms with Crippen molar-refractivity contribution in [1.29, 1.82) is 0 Å². The van der Waals surface area contributed by atoms with Gasteiger partial charge < -0.3 is 10.8 Å². The van der Waals surface area contributed by atoms with Crippen molar-refractivity contribution >= 4 is 33.2 Å². The van der Waals surface area contributed by atoms with E-state index in [1.54, 1.807) is 0 Å². The third kappa shape index (κ3) is 2.64. The summed E-state index contributed by atoms with van der Waals surface area (Å²) in [4.78, 5) is 12.0. The summed E-state index contributed by atoms with van der Waals surface area (Å²) < 4.78 is 0.966. The van der Waals surface area contributed by atoms with E-state index in [1.165, 1.54) is 11.3 Å². The zero-order valence-electron chi connectivity index (χ0n) is 9.58. The van der Waals surface area contributed by atoms with Crippen LogP contribution in [0.5, 0.6) is 0 Å². The molecule has 0 radical (unpaired) electrons. The fourth-order valence-electron chi connectivity index (χ4n) is 1.54. The molecule has 1 rings (SSSR count). The van der Waals surface area contributed by atoms with Crippen LogP contribution in [-0.4, -0.2) is 16.6 Å². The van der Waals surface area contributed by atoms with Gasteiger partial charge in [0.15, 0.2) is 0 Å². The van der Waals surface area contributed by atoms with E-state index in [2.05, 4.69) is 15.9 Å². The largest absolute Gasteiger partial charge is 0.481 e. The molecule has 3 nitrogen and oxygen atoms in total. The lowest BCUT2D eigenvalue weighted by Gasteiger charge is -2.40. The maximum atomic E-state index is 11.0. The topological polar surface area (TPSA) is 63.3 Å². The number of nitrogens with two attached hydrogens (primary N) is 1. The molecule has 0 saturated carbocycles. The molecule has 3 N–H and O–H groups in total. The summed E-state index contributed by atoms with van der Waals surface area (Å²) in [6.07, 6.45) is 0.0312. The van der Waals surface area contributed by atoms with E-state index in [0.717, 1.165) is 9.35 Å². The number of hydrogen-bond acceptors (Lipinski definition) is 3. The predicted octanol–water partition coefficient (Wildman–Crippen LogP) is 2.98. The molecule has 0 bridgehead atoms. The van der Waals surface area contributed by atoms with Gasteiger partial charge in [-0.15, -0.1) is 11.3 Å². The standard InChI is InChI=1S/C11H16BrNO2S/c1-10(2,13)11(3,5-9(14)15)8-4-7(12)6-16-8/h4,6H,5,13H2,1-3H3,(H,14,15). The second-order valence-corrected chi connectivity index (χ2v) is 6.58. The first-order chi connectivity index (χ1) is 7.17. The zero-order chi connectivity index (χ0) is 12.6. The third-order valence-electron chi connectivity index (χ3n) is 3.04. The van der Waals surface area contributed by atoms with Gasteiger partial charge in [0.25, 0.3) is 0 Å². The summed E-state index contributed by atoms with van der Waals surface area (Å²) in [5.74, 6) is -0.828. The minimum absolute atomic E-state index is 0.0312. The normalized spacial score (nSPS) is 15.8. The number of thiophene rings is 1. The van der Waals surface area contributed by atoms with Crippen LogP contribution in [0.15, 0.2) is 15.9 Å². The molecule has 1 aromatic heterocycles. The number of rotatable bonds is 4. The molecule has 0 amide bonds. The van der Waals surface area contributed by atoms with Gasteiger partial charge in [-0.05, 0) is 35.8 Å². The molecule has 0 spiro atoms. The van der Waals surface area contributed by atoms with Gasteiger partial charge in [-0.25, -0.2) is 0 Å². The lowest BCUT2D eigenvalue weighted by molar-refractivity contribution is -0.139. The summed E-state index contributed by atoms with van der Waals surface area (Å²) >= 11 is 4.91. The molecule has 0 aromatic carbocycles. The van der Waals surface area contributed by atoms with Gasteiger partial charge in [-0.2, -0.15) is 0 Å². The van der Waals surface area contributed by atoms with Crippen LogP contribution in [0.3, 0.4) is 0 Å². The van der Waals surface area contributed by atoms with Crippen molar-refractivity contribution in [2.45, 2.75) is 38.1 Å². The predicted molar refractivity (Wildman–Crippen MR) is 69.9 cm³/mol. The van der Waals surface area contributed by atoms with Crippen LogP contribution in [0.2, 0.25) is 0 Å². The van der Waals surface area contributed by atoms with Crippen molar-refractivity contribution < 1.29 is 9.90 Å². The lowest BCUT2D eigenvalue weighted by Crippen LogP contribution is -2.52. The van der Waals surface area contributed by atoms with Crippen molar-refractivity contribution in [3.63, 3.8) is 0 Å². The summed E-state index contributed by atoms with van der Waals surface area (Å²) in [6.45, 7) is 5.63. The fourth-order valence-corrected chi connectivity index (χ4v) is 3.30. The van der Waals surface area contributed by atoms with Crippen molar-refractivity contribution in [3.05, 3.63) is 20.8 Å². The Balaban J connectivity index is 3.19. The minimum atomic E-state index is -0.828. The van der Waals surface area contributed by atoms with E-state index >= 15 is 0 Å². The van der Waals surface area contributed by atoms with Crippen molar-refractivity contribution in [1.82, 2.24) is 0 Å². The van der Waals surface area contributed by atoms with Crippen LogP contribution in [-0.2, 0) is 10.2 Å². The molecule has 1 aromatic rings. The van der Waals surface area contributed by atoms with Gasteiger partial charge in [-0.3, -0.25) is 4.79 Å². The third-order valence-corrected chi connectivity index (χ3v) is 4.99. The zero-order valence-corrected chi connectivity index (χ0v) is 12.0. The van der Waals surface area contributed by atoms with Gasteiger partial charge >= 0.3 is 5.97 Å². The van der Waals surface area contributed by atoms with Crippen LogP contribution < -0.4 is 5.73 Å². The molecule has 0 aliphatic carbocycles. The lowest BCUT2D eigenvalue weighted by atomic mass is 9.70. The van der Waals surface area contributed by atoms with Crippen LogP contribution in [0, 0.1) is 0 Å². The number of carbonyl (C=O) groups is 1. The van der Waals surface area contributed by atoms with E-state index in [4.69, 9.17) is 10.8 Å². The van der Waals surface area contributed by atoms with Crippen LogP contribution in [0.25, 0.3) is 0 Å². The summed E-state index contributed by atoms with van der Waals surface area (Å²) in [6, 6.07) is 1.95. The SMILES string of the molecule is CC(C)(N)C(C)(CC(=O)O)c1cc(Br)cs1. The van der Waals surface area contributed by atoms with E-state index in [1.807, 2.05) is 32.2 Å². The second-order valence-electron chi connectivity index (χ2n) is 4.75. The molecule has 0 aliphatic heterocycles. The molecule has 0 saturated heterocycles. The number of halogens is 1. The minimum Gasteiger partial charge on any atom is -0.481 e. The average Bonchev–Trinajstić information content (AvgIpc) is 2.48. The smallest absolute Gasteiger partial charge is 0.304 e. The van der Waals surface area contributed by atoms with Crippen molar-refractivity contribution in [2.24, 2.45) is 5.73 Å². The van der Waals surface area contributed by atoms with Gasteiger partial charge in [0.2, 0.25) is 0 Å². The first-order valence-electron chi connectivity index (χ1n) is 4.92. The highest BCUT2D eigenvalue weighted by Crippen LogP contribution is 2.41. The highest BCUT2D eigenvalue weighted by molar-refractivity contribution is 9.10. The second kappa shape index (κ2) is 4.47. The van der Waals surface area contributed by atoms with E-state index in [0.29, 0.717) is 0 Å². The molecular formula is C11H16BrNO2S. The van der Waals surface area contributed by atoms with Gasteiger partial charge in [0, 0.05) is 25.7 Å². The Labute approximate surface area is 108 Å². The molecule has 1 unspecified atom stereocenters. The number of aliphatic carboxylic acids is 1. The van der Waals surface area contributed by atoms with Gasteiger partial charge in [0.1, 0.15) is 0 Å². The summed E-state index contributed by atoms with van der Waals surface area (Å²) in [5.41, 5.74) is 4.98. The summed E-state index contributed by atoms with van der Waals surface area (Å²) in [5, 5.41) is 11.0. The number of carboxylic acids is 1. The maximum absolute atomic E-state index is 11.0. The van der Waals surface area contributed by atoms with Crippen molar-refractivity contribution in [2.75, 3.05) is 0 Å². The Bertz CT molecular complexity index is 397. The monoisotopic (exact) mass is 305 g/mol. The Morgan fingerprint density at radius 1 is 1.56 bits per heavy atom. The van der Waals surface area contributed by atoms with Crippen molar-refractivity contribution in [3.8, 4) is 0 Å². The molecule has 0 aliphatic rings. The molecule has 0 fully saturated rings. The molecule has 1 heterocycles. The Morgan fingerprint density at radius 2 is 2.12 bits per heavy atom. The molecule has 1 atom stereocenters. The number of hydrogen-bond donors (Lipinski definition) is 2. The molecular weight excluding hydrogens is 290 g/mol. The van der Waals surface area contributed by atoms with Crippen LogP contribution in [0.1, 0.15) is 32.1 Å². The van der Waals surface area contributed by atoms with Gasteiger partial charge in [0.05, 0.1) is 6.42 Å². The Morgan fingerprint density at radius 3 is 2.44 bits per heavy atom. The maximum Gasteiger partial charge on any atom is 0.304 e. The van der Waals surface area contributed by atoms with E-state index in [9.17, 15) is 4.79 Å². The van der Waals surface area contributed by atoms with Crippen LogP contribution >= 0.6 is 27.3 Å². The quantitative estimate of drug-likeness (QED) is 0.899. The van der Waals surface area contributed by atoms with Crippen LogP contribution in [0.4, 0.5) is 0 Å². The fraction of sp³-hybridized carbons (Fsp3) is 0.545. The van der Waals surface area contributed by atoms with E-state index in [-0.39, 0.29) is 6.42 Å². The first-order valence-corrected chi connectivity index (χ1v) is 6.59. The van der Waals surface area contributed by atoms with E-state index < -0.39 is 16.9 Å². The molecule has 5 heteroatoms. The average molecular weight is 306 g/mol. The number of carboxylic acid groups (broad SMARTS) is 1. The summed E-state index contributed by atoms with van der Waals surface area (Å²) in [7, 11) is 0.